The fourth-order valence-electron chi connectivity index (χ4n) is 6.69. The van der Waals surface area contributed by atoms with Crippen LogP contribution in [0.1, 0.15) is 55.7 Å². The molecular formula is C33H42ClN6O2P. The second-order valence-corrected chi connectivity index (χ2v) is 16.1. The van der Waals surface area contributed by atoms with E-state index in [1.165, 1.54) is 24.1 Å². The minimum Gasteiger partial charge on any atom is -0.494 e. The number of aryl methyl sites for hydroxylation is 2. The SMILES string of the molecule is CCc1cc(Nc2ncc(Cl)c(Nc3ccc(C)c(C)c3P(C)(C)=O)n2)c(OC)cc1N1CC2(CCC(CC#N)CC2)C1. The minimum absolute atomic E-state index is 0.363. The molecule has 5 rings (SSSR count). The number of rotatable bonds is 9. The zero-order chi connectivity index (χ0) is 30.9. The number of ether oxygens (including phenoxy) is 1. The number of methoxy groups -OCH3 is 1. The molecule has 1 aromatic heterocycles. The molecule has 0 bridgehead atoms. The predicted octanol–water partition coefficient (Wildman–Crippen LogP) is 7.96. The maximum atomic E-state index is 13.2. The van der Waals surface area contributed by atoms with E-state index in [0.717, 1.165) is 60.2 Å². The van der Waals surface area contributed by atoms with Crippen molar-refractivity contribution in [3.8, 4) is 11.8 Å². The van der Waals surface area contributed by atoms with Gasteiger partial charge in [0.25, 0.3) is 0 Å². The first kappa shape index (κ1) is 31.2. The van der Waals surface area contributed by atoms with Gasteiger partial charge in [0.05, 0.1) is 30.8 Å². The van der Waals surface area contributed by atoms with E-state index in [1.807, 2.05) is 26.0 Å². The lowest BCUT2D eigenvalue weighted by Gasteiger charge is -2.55. The van der Waals surface area contributed by atoms with Crippen LogP contribution in [0.25, 0.3) is 0 Å². The van der Waals surface area contributed by atoms with E-state index in [9.17, 15) is 4.57 Å². The van der Waals surface area contributed by atoms with E-state index in [-0.39, 0.29) is 0 Å². The summed E-state index contributed by atoms with van der Waals surface area (Å²) in [6.07, 6.45) is 7.85. The number of benzene rings is 2. The molecule has 10 heteroatoms. The minimum atomic E-state index is -2.58. The average Bonchev–Trinajstić information content (AvgIpc) is 2.95. The highest BCUT2D eigenvalue weighted by Gasteiger charge is 2.45. The number of halogens is 1. The van der Waals surface area contributed by atoms with Crippen LogP contribution in [0, 0.1) is 36.5 Å². The molecule has 0 amide bonds. The lowest BCUT2D eigenvalue weighted by atomic mass is 9.65. The number of nitriles is 1. The van der Waals surface area contributed by atoms with Gasteiger partial charge < -0.3 is 24.8 Å². The molecule has 3 aromatic rings. The maximum Gasteiger partial charge on any atom is 0.229 e. The fraction of sp³-hybridized carbons (Fsp3) is 0.485. The Kier molecular flexibility index (Phi) is 8.97. The molecule has 2 aliphatic rings. The largest absolute Gasteiger partial charge is 0.494 e. The van der Waals surface area contributed by atoms with Gasteiger partial charge in [-0.15, -0.1) is 0 Å². The Morgan fingerprint density at radius 1 is 1.16 bits per heavy atom. The first-order valence-electron chi connectivity index (χ1n) is 15.0. The Labute approximate surface area is 260 Å². The zero-order valence-electron chi connectivity index (χ0n) is 26.1. The van der Waals surface area contributed by atoms with Crippen LogP contribution in [-0.4, -0.2) is 43.5 Å². The van der Waals surface area contributed by atoms with Crippen LogP contribution in [-0.2, 0) is 11.0 Å². The third kappa shape index (κ3) is 6.49. The summed E-state index contributed by atoms with van der Waals surface area (Å²) in [5.74, 6) is 2.08. The summed E-state index contributed by atoms with van der Waals surface area (Å²) in [6.45, 7) is 11.8. The molecule has 0 radical (unpaired) electrons. The summed E-state index contributed by atoms with van der Waals surface area (Å²) in [5, 5.41) is 16.9. The molecule has 2 heterocycles. The second-order valence-electron chi connectivity index (χ2n) is 12.6. The summed E-state index contributed by atoms with van der Waals surface area (Å²) < 4.78 is 19.0. The van der Waals surface area contributed by atoms with Crippen LogP contribution < -0.4 is 25.6 Å². The van der Waals surface area contributed by atoms with Crippen molar-refractivity contribution in [2.24, 2.45) is 11.3 Å². The van der Waals surface area contributed by atoms with E-state index in [1.54, 1.807) is 26.6 Å². The number of aromatic nitrogens is 2. The maximum absolute atomic E-state index is 13.2. The van der Waals surface area contributed by atoms with E-state index in [0.29, 0.717) is 40.3 Å². The van der Waals surface area contributed by atoms with Gasteiger partial charge in [-0.25, -0.2) is 4.98 Å². The summed E-state index contributed by atoms with van der Waals surface area (Å²) in [4.78, 5) is 11.6. The van der Waals surface area contributed by atoms with Gasteiger partial charge in [0, 0.05) is 42.0 Å². The third-order valence-corrected chi connectivity index (χ3v) is 11.1. The molecular weight excluding hydrogens is 579 g/mol. The van der Waals surface area contributed by atoms with Crippen LogP contribution in [0.15, 0.2) is 30.5 Å². The highest BCUT2D eigenvalue weighted by molar-refractivity contribution is 7.70. The van der Waals surface area contributed by atoms with Crippen molar-refractivity contribution in [1.82, 2.24) is 9.97 Å². The van der Waals surface area contributed by atoms with Gasteiger partial charge in [-0.05, 0) is 94.0 Å². The quantitative estimate of drug-likeness (QED) is 0.232. The van der Waals surface area contributed by atoms with Gasteiger partial charge >= 0.3 is 0 Å². The first-order chi connectivity index (χ1) is 20.5. The van der Waals surface area contributed by atoms with Crippen molar-refractivity contribution >= 4 is 52.9 Å². The van der Waals surface area contributed by atoms with Crippen molar-refractivity contribution in [1.29, 1.82) is 5.26 Å². The first-order valence-corrected chi connectivity index (χ1v) is 18.0. The normalized spacial score (nSPS) is 16.5. The molecule has 43 heavy (non-hydrogen) atoms. The lowest BCUT2D eigenvalue weighted by Crippen LogP contribution is -2.58. The van der Waals surface area contributed by atoms with Gasteiger partial charge in [-0.1, -0.05) is 24.6 Å². The molecule has 228 valence electrons. The van der Waals surface area contributed by atoms with Crippen molar-refractivity contribution in [2.75, 3.05) is 49.1 Å². The molecule has 1 aliphatic carbocycles. The third-order valence-electron chi connectivity index (χ3n) is 9.20. The topological polar surface area (TPSA) is 103 Å². The highest BCUT2D eigenvalue weighted by atomic mass is 35.5. The molecule has 0 atom stereocenters. The molecule has 1 spiro atoms. The van der Waals surface area contributed by atoms with E-state index >= 15 is 0 Å². The molecule has 2 N–H and O–H groups in total. The molecule has 2 aromatic carbocycles. The average molecular weight is 621 g/mol. The van der Waals surface area contributed by atoms with Crippen molar-refractivity contribution in [3.63, 3.8) is 0 Å². The van der Waals surface area contributed by atoms with Crippen LogP contribution >= 0.6 is 18.7 Å². The Bertz CT molecular complexity index is 1600. The van der Waals surface area contributed by atoms with Gasteiger partial charge in [0.2, 0.25) is 5.95 Å². The highest BCUT2D eigenvalue weighted by Crippen LogP contribution is 2.49. The molecule has 2 fully saturated rings. The monoisotopic (exact) mass is 620 g/mol. The van der Waals surface area contributed by atoms with E-state index < -0.39 is 7.14 Å². The zero-order valence-corrected chi connectivity index (χ0v) is 27.7. The smallest absolute Gasteiger partial charge is 0.229 e. The number of nitrogens with one attached hydrogen (secondary N) is 2. The van der Waals surface area contributed by atoms with Crippen LogP contribution in [0.3, 0.4) is 0 Å². The predicted molar refractivity (Wildman–Crippen MR) is 178 cm³/mol. The number of hydrogen-bond acceptors (Lipinski definition) is 8. The molecule has 1 aliphatic heterocycles. The fourth-order valence-corrected chi connectivity index (χ4v) is 8.52. The number of hydrogen-bond donors (Lipinski definition) is 2. The second kappa shape index (κ2) is 12.4. The summed E-state index contributed by atoms with van der Waals surface area (Å²) in [6, 6.07) is 10.5. The molecule has 1 saturated heterocycles. The summed E-state index contributed by atoms with van der Waals surface area (Å²) in [5.41, 5.74) is 6.40. The molecule has 8 nitrogen and oxygen atoms in total. The van der Waals surface area contributed by atoms with Crippen molar-refractivity contribution < 1.29 is 9.30 Å². The summed E-state index contributed by atoms with van der Waals surface area (Å²) >= 11 is 6.53. The Balaban J connectivity index is 1.37. The van der Waals surface area contributed by atoms with Crippen molar-refractivity contribution in [3.05, 3.63) is 52.2 Å². The standard InChI is InChI=1S/C33H42ClN6O2P/c1-7-24-16-27(29(42-4)17-28(24)40-19-33(20-40)13-10-23(11-14-33)12-15-35)38-32-36-18-25(34)31(39-32)37-26-9-8-21(2)22(3)30(26)43(5,6)41/h8-9,16-18,23H,7,10-14,19-20H2,1-6H3,(H2,36,37,38,39). The van der Waals surface area contributed by atoms with Gasteiger partial charge in [0.15, 0.2) is 5.82 Å². The number of anilines is 5. The van der Waals surface area contributed by atoms with E-state index in [4.69, 9.17) is 21.6 Å². The van der Waals surface area contributed by atoms with Crippen LogP contribution in [0.2, 0.25) is 5.02 Å². The molecule has 0 unspecified atom stereocenters. The van der Waals surface area contributed by atoms with Crippen molar-refractivity contribution in [2.45, 2.75) is 59.3 Å². The van der Waals surface area contributed by atoms with E-state index in [2.05, 4.69) is 50.6 Å². The van der Waals surface area contributed by atoms with Crippen LogP contribution in [0.4, 0.5) is 28.8 Å². The lowest BCUT2D eigenvalue weighted by molar-refractivity contribution is 0.110. The molecule has 1 saturated carbocycles. The number of nitrogens with zero attached hydrogens (tertiary/aromatic N) is 4. The van der Waals surface area contributed by atoms with Gasteiger partial charge in [-0.3, -0.25) is 0 Å². The van der Waals surface area contributed by atoms with Gasteiger partial charge in [-0.2, -0.15) is 10.2 Å². The van der Waals surface area contributed by atoms with Crippen LogP contribution in [0.5, 0.6) is 5.75 Å². The summed E-state index contributed by atoms with van der Waals surface area (Å²) in [7, 11) is -0.908. The Hall–Kier alpha value is -3.27. The Morgan fingerprint density at radius 2 is 1.88 bits per heavy atom. The Morgan fingerprint density at radius 3 is 2.51 bits per heavy atom. The van der Waals surface area contributed by atoms with Gasteiger partial charge in [0.1, 0.15) is 17.9 Å².